The number of ether oxygens (including phenoxy) is 1. The largest absolute Gasteiger partial charge is 0.378 e. The first-order chi connectivity index (χ1) is 18.4. The molecule has 1 aromatic carbocycles. The van der Waals surface area contributed by atoms with Crippen LogP contribution in [0.1, 0.15) is 12.5 Å². The number of hydrogen-bond acceptors (Lipinski definition) is 11. The molecule has 0 saturated carbocycles. The number of nitrogens with one attached hydrogen (secondary N) is 1. The highest BCUT2D eigenvalue weighted by Crippen LogP contribution is 2.37. The number of aliphatic imine (C=N–C) groups is 3. The van der Waals surface area contributed by atoms with Crippen molar-refractivity contribution in [3.8, 4) is 11.4 Å². The Balaban J connectivity index is 1.58. The van der Waals surface area contributed by atoms with Crippen LogP contribution in [-0.4, -0.2) is 105 Å². The van der Waals surface area contributed by atoms with Crippen molar-refractivity contribution in [3.63, 3.8) is 0 Å². The van der Waals surface area contributed by atoms with E-state index < -0.39 is 11.8 Å². The molecule has 1 saturated heterocycles. The van der Waals surface area contributed by atoms with E-state index in [2.05, 4.69) is 57.8 Å². The van der Waals surface area contributed by atoms with Gasteiger partial charge in [0.05, 0.1) is 25.7 Å². The smallest absolute Gasteiger partial charge is 0.253 e. The standard InChI is InChI=1S/C26H35N9O3/c1-5-18-6-8-19(9-7-18)22-30-23(21(27-2)24(31-22)35-12-14-38-15-13-35)33(3)10-11-34(4)26-28-16-20(17-29-26)25(36)32-37/h6-9,16,20,37H,2,5,10-15,17H2,1,3-4H3,(H,32,36). The molecule has 12 nitrogen and oxygen atoms in total. The molecule has 0 spiro atoms. The van der Waals surface area contributed by atoms with Crippen LogP contribution >= 0.6 is 0 Å². The van der Waals surface area contributed by atoms with Crippen molar-refractivity contribution in [1.29, 1.82) is 0 Å². The Hall–Kier alpha value is -3.90. The van der Waals surface area contributed by atoms with Crippen LogP contribution in [0.3, 0.4) is 0 Å². The third kappa shape index (κ3) is 6.14. The predicted molar refractivity (Wildman–Crippen MR) is 149 cm³/mol. The van der Waals surface area contributed by atoms with E-state index in [1.54, 1.807) is 5.48 Å². The lowest BCUT2D eigenvalue weighted by Crippen LogP contribution is -2.39. The third-order valence-corrected chi connectivity index (χ3v) is 6.66. The van der Waals surface area contributed by atoms with Gasteiger partial charge in [-0.05, 0) is 18.7 Å². The van der Waals surface area contributed by atoms with Crippen molar-refractivity contribution in [1.82, 2.24) is 20.3 Å². The Bertz CT molecular complexity index is 1190. The molecule has 2 aromatic rings. The zero-order valence-corrected chi connectivity index (χ0v) is 22.2. The Morgan fingerprint density at radius 1 is 1.18 bits per heavy atom. The summed E-state index contributed by atoms with van der Waals surface area (Å²) in [5, 5.41) is 8.82. The summed E-state index contributed by atoms with van der Waals surface area (Å²) in [5.41, 5.74) is 4.47. The number of likely N-dealkylation sites (N-methyl/N-ethyl adjacent to an activating group) is 2. The minimum absolute atomic E-state index is 0.227. The number of anilines is 2. The van der Waals surface area contributed by atoms with Gasteiger partial charge in [0.2, 0.25) is 5.96 Å². The summed E-state index contributed by atoms with van der Waals surface area (Å²) in [4.78, 5) is 40.6. The number of nitrogens with zero attached hydrogens (tertiary/aromatic N) is 8. The minimum atomic E-state index is -0.578. The molecule has 1 fully saturated rings. The number of aromatic nitrogens is 2. The van der Waals surface area contributed by atoms with Gasteiger partial charge in [-0.1, -0.05) is 31.2 Å². The van der Waals surface area contributed by atoms with Crippen LogP contribution in [0.25, 0.3) is 11.4 Å². The number of amides is 1. The summed E-state index contributed by atoms with van der Waals surface area (Å²) in [6.45, 7) is 10.1. The second-order valence-corrected chi connectivity index (χ2v) is 9.20. The van der Waals surface area contributed by atoms with Crippen molar-refractivity contribution in [3.05, 3.63) is 29.8 Å². The van der Waals surface area contributed by atoms with Crippen LogP contribution in [0.4, 0.5) is 17.3 Å². The number of carbonyl (C=O) groups excluding carboxylic acids is 1. The van der Waals surface area contributed by atoms with E-state index in [1.165, 1.54) is 11.8 Å². The van der Waals surface area contributed by atoms with E-state index in [0.717, 1.165) is 17.8 Å². The Labute approximate surface area is 222 Å². The summed E-state index contributed by atoms with van der Waals surface area (Å²) in [6, 6.07) is 8.31. The van der Waals surface area contributed by atoms with Crippen LogP contribution in [0, 0.1) is 5.92 Å². The Kier molecular flexibility index (Phi) is 8.98. The van der Waals surface area contributed by atoms with Gasteiger partial charge in [0.25, 0.3) is 5.91 Å². The second kappa shape index (κ2) is 12.6. The summed E-state index contributed by atoms with van der Waals surface area (Å²) in [6.07, 6.45) is 2.47. The first-order valence-corrected chi connectivity index (χ1v) is 12.7. The maximum absolute atomic E-state index is 11.6. The molecular formula is C26H35N9O3. The van der Waals surface area contributed by atoms with Gasteiger partial charge < -0.3 is 19.4 Å². The SMILES string of the molecule is C=Nc1c(N(C)CCN(C)C2=NCC(C(=O)NO)C=N2)nc(-c2ccc(CC)cc2)nc1N1CCOCC1. The van der Waals surface area contributed by atoms with Gasteiger partial charge in [-0.15, -0.1) is 0 Å². The fourth-order valence-corrected chi connectivity index (χ4v) is 4.24. The summed E-state index contributed by atoms with van der Waals surface area (Å²) >= 11 is 0. The maximum atomic E-state index is 11.6. The van der Waals surface area contributed by atoms with Crippen molar-refractivity contribution >= 4 is 42.1 Å². The molecule has 0 aliphatic carbocycles. The third-order valence-electron chi connectivity index (χ3n) is 6.66. The van der Waals surface area contributed by atoms with Crippen molar-refractivity contribution in [2.75, 3.05) is 69.8 Å². The van der Waals surface area contributed by atoms with E-state index in [4.69, 9.17) is 19.9 Å². The predicted octanol–water partition coefficient (Wildman–Crippen LogP) is 1.80. The molecule has 4 rings (SSSR count). The number of benzene rings is 1. The first-order valence-electron chi connectivity index (χ1n) is 12.7. The fourth-order valence-electron chi connectivity index (χ4n) is 4.24. The summed E-state index contributed by atoms with van der Waals surface area (Å²) < 4.78 is 5.56. The highest BCUT2D eigenvalue weighted by atomic mass is 16.5. The van der Waals surface area contributed by atoms with Crippen molar-refractivity contribution in [2.24, 2.45) is 20.9 Å². The normalized spacial score (nSPS) is 17.1. The van der Waals surface area contributed by atoms with Gasteiger partial charge >= 0.3 is 0 Å². The van der Waals surface area contributed by atoms with E-state index in [9.17, 15) is 4.79 Å². The lowest BCUT2D eigenvalue weighted by Gasteiger charge is -2.31. The monoisotopic (exact) mass is 521 g/mol. The van der Waals surface area contributed by atoms with Gasteiger partial charge in [0.1, 0.15) is 5.69 Å². The number of hydroxylamine groups is 1. The van der Waals surface area contributed by atoms with E-state index in [0.29, 0.717) is 62.7 Å². The van der Waals surface area contributed by atoms with Gasteiger partial charge in [-0.25, -0.2) is 25.4 Å². The second-order valence-electron chi connectivity index (χ2n) is 9.20. The molecule has 0 radical (unpaired) electrons. The fraction of sp³-hybridized carbons (Fsp3) is 0.462. The number of morpholine rings is 1. The maximum Gasteiger partial charge on any atom is 0.253 e. The van der Waals surface area contributed by atoms with Crippen LogP contribution < -0.4 is 15.3 Å². The number of rotatable bonds is 9. The summed E-state index contributed by atoms with van der Waals surface area (Å²) in [5.74, 6) is 1.49. The average molecular weight is 522 g/mol. The van der Waals surface area contributed by atoms with Crippen molar-refractivity contribution < 1.29 is 14.7 Å². The zero-order valence-electron chi connectivity index (χ0n) is 22.2. The van der Waals surface area contributed by atoms with E-state index in [1.807, 2.05) is 23.9 Å². The van der Waals surface area contributed by atoms with Crippen LogP contribution in [0.2, 0.25) is 0 Å². The van der Waals surface area contributed by atoms with Crippen LogP contribution in [-0.2, 0) is 16.0 Å². The topological polar surface area (TPSA) is 131 Å². The molecule has 38 heavy (non-hydrogen) atoms. The minimum Gasteiger partial charge on any atom is -0.378 e. The highest BCUT2D eigenvalue weighted by molar-refractivity contribution is 6.00. The molecule has 2 aliphatic heterocycles. The highest BCUT2D eigenvalue weighted by Gasteiger charge is 2.24. The molecule has 3 heterocycles. The van der Waals surface area contributed by atoms with Crippen molar-refractivity contribution in [2.45, 2.75) is 13.3 Å². The number of carbonyl (C=O) groups is 1. The molecule has 2 aliphatic rings. The lowest BCUT2D eigenvalue weighted by atomic mass is 10.1. The quantitative estimate of drug-likeness (QED) is 0.290. The molecule has 1 amide bonds. The number of hydrogen-bond donors (Lipinski definition) is 2. The first kappa shape index (κ1) is 27.1. The molecule has 1 atom stereocenters. The molecule has 1 aromatic heterocycles. The number of aryl methyl sites for hydroxylation is 1. The molecule has 202 valence electrons. The molecule has 1 unspecified atom stereocenters. The van der Waals surface area contributed by atoms with E-state index >= 15 is 0 Å². The Morgan fingerprint density at radius 3 is 2.50 bits per heavy atom. The number of guanidine groups is 1. The zero-order chi connectivity index (χ0) is 27.1. The van der Waals surface area contributed by atoms with Gasteiger partial charge in [-0.3, -0.25) is 15.0 Å². The Morgan fingerprint density at radius 2 is 1.89 bits per heavy atom. The molecule has 12 heteroatoms. The molecule has 0 bridgehead atoms. The molecule has 2 N–H and O–H groups in total. The summed E-state index contributed by atoms with van der Waals surface area (Å²) in [7, 11) is 3.86. The average Bonchev–Trinajstić information content (AvgIpc) is 2.99. The van der Waals surface area contributed by atoms with Crippen LogP contribution in [0.15, 0.2) is 39.2 Å². The van der Waals surface area contributed by atoms with Gasteiger partial charge in [0, 0.05) is 52.1 Å². The van der Waals surface area contributed by atoms with Crippen LogP contribution in [0.5, 0.6) is 0 Å². The van der Waals surface area contributed by atoms with Gasteiger partial charge in [0.15, 0.2) is 17.5 Å². The van der Waals surface area contributed by atoms with E-state index in [-0.39, 0.29) is 6.54 Å². The lowest BCUT2D eigenvalue weighted by molar-refractivity contribution is -0.130. The molecular weight excluding hydrogens is 486 g/mol. The van der Waals surface area contributed by atoms with Gasteiger partial charge in [-0.2, -0.15) is 0 Å².